The third-order valence-electron chi connectivity index (χ3n) is 3.04. The van der Waals surface area contributed by atoms with E-state index in [0.29, 0.717) is 12.8 Å². The highest BCUT2D eigenvalue weighted by Gasteiger charge is 2.43. The van der Waals surface area contributed by atoms with E-state index >= 15 is 0 Å². The summed E-state index contributed by atoms with van der Waals surface area (Å²) in [6.45, 7) is 1.28. The van der Waals surface area contributed by atoms with Gasteiger partial charge >= 0.3 is 11.9 Å². The van der Waals surface area contributed by atoms with Crippen molar-refractivity contribution >= 4 is 17.7 Å². The minimum atomic E-state index is -1.10. The first-order valence-corrected chi connectivity index (χ1v) is 5.80. The monoisotopic (exact) mass is 242 g/mol. The summed E-state index contributed by atoms with van der Waals surface area (Å²) in [6.07, 6.45) is 3.36. The molecule has 0 radical (unpaired) electrons. The Morgan fingerprint density at radius 3 is 2.18 bits per heavy atom. The third-order valence-corrected chi connectivity index (χ3v) is 3.04. The van der Waals surface area contributed by atoms with Gasteiger partial charge in [-0.05, 0) is 25.7 Å². The van der Waals surface area contributed by atoms with Gasteiger partial charge in [0.15, 0.2) is 11.4 Å². The summed E-state index contributed by atoms with van der Waals surface area (Å²) < 4.78 is 9.65. The summed E-state index contributed by atoms with van der Waals surface area (Å²) in [5.74, 6) is -1.42. The lowest BCUT2D eigenvalue weighted by molar-refractivity contribution is -0.171. The summed E-state index contributed by atoms with van der Waals surface area (Å²) >= 11 is 0. The first-order valence-electron chi connectivity index (χ1n) is 5.80. The van der Waals surface area contributed by atoms with Gasteiger partial charge in [-0.3, -0.25) is 14.4 Å². The van der Waals surface area contributed by atoms with Gasteiger partial charge in [0.25, 0.3) is 0 Å². The topological polar surface area (TPSA) is 69.7 Å². The molecule has 1 saturated carbocycles. The second-order valence-corrected chi connectivity index (χ2v) is 4.32. The second kappa shape index (κ2) is 5.80. The van der Waals surface area contributed by atoms with Crippen LogP contribution in [0.25, 0.3) is 0 Å². The van der Waals surface area contributed by atoms with Crippen LogP contribution in [0.15, 0.2) is 0 Å². The number of Topliss-reactive ketones (excluding diaryl/α,β-unsaturated/α-hetero) is 1. The molecule has 0 unspecified atom stereocenters. The number of rotatable bonds is 4. The molecule has 0 bridgehead atoms. The van der Waals surface area contributed by atoms with Crippen molar-refractivity contribution < 1.29 is 23.9 Å². The molecule has 0 aliphatic heterocycles. The Kier molecular flexibility index (Phi) is 4.66. The molecule has 96 valence electrons. The smallest absolute Gasteiger partial charge is 0.313 e. The molecular weight excluding hydrogens is 224 g/mol. The molecule has 5 heteroatoms. The largest absolute Gasteiger partial charge is 0.469 e. The molecule has 0 aromatic heterocycles. The Labute approximate surface area is 100 Å². The van der Waals surface area contributed by atoms with E-state index in [1.807, 2.05) is 0 Å². The predicted molar refractivity (Wildman–Crippen MR) is 59.2 cm³/mol. The van der Waals surface area contributed by atoms with Crippen LogP contribution in [-0.4, -0.2) is 30.4 Å². The predicted octanol–water partition coefficient (Wildman–Crippen LogP) is 1.38. The van der Waals surface area contributed by atoms with E-state index in [-0.39, 0.29) is 12.2 Å². The third kappa shape index (κ3) is 3.54. The zero-order valence-corrected chi connectivity index (χ0v) is 10.3. The second-order valence-electron chi connectivity index (χ2n) is 4.32. The Morgan fingerprint density at radius 2 is 1.71 bits per heavy atom. The molecule has 17 heavy (non-hydrogen) atoms. The lowest BCUT2D eigenvalue weighted by atomic mass is 9.80. The highest BCUT2D eigenvalue weighted by Crippen LogP contribution is 2.33. The molecule has 0 spiro atoms. The summed E-state index contributed by atoms with van der Waals surface area (Å²) in [5.41, 5.74) is -1.10. The SMILES string of the molecule is COC(=O)CC(=O)C1(OC(C)=O)CCCCC1. The van der Waals surface area contributed by atoms with Crippen molar-refractivity contribution in [2.75, 3.05) is 7.11 Å². The Hall–Kier alpha value is -1.39. The highest BCUT2D eigenvalue weighted by atomic mass is 16.6. The minimum absolute atomic E-state index is 0.330. The average Bonchev–Trinajstić information content (AvgIpc) is 2.29. The number of hydrogen-bond acceptors (Lipinski definition) is 5. The Balaban J connectivity index is 2.77. The van der Waals surface area contributed by atoms with E-state index in [9.17, 15) is 14.4 Å². The van der Waals surface area contributed by atoms with E-state index in [2.05, 4.69) is 4.74 Å². The van der Waals surface area contributed by atoms with Gasteiger partial charge in [-0.2, -0.15) is 0 Å². The quantitative estimate of drug-likeness (QED) is 0.550. The molecule has 1 rings (SSSR count). The van der Waals surface area contributed by atoms with Crippen LogP contribution in [-0.2, 0) is 23.9 Å². The van der Waals surface area contributed by atoms with Gasteiger partial charge < -0.3 is 9.47 Å². The number of ketones is 1. The fraction of sp³-hybridized carbons (Fsp3) is 0.750. The first-order chi connectivity index (χ1) is 8.00. The van der Waals surface area contributed by atoms with E-state index in [4.69, 9.17) is 4.74 Å². The summed E-state index contributed by atoms with van der Waals surface area (Å²) in [7, 11) is 1.23. The molecule has 1 fully saturated rings. The lowest BCUT2D eigenvalue weighted by Gasteiger charge is -2.34. The number of carbonyl (C=O) groups excluding carboxylic acids is 3. The van der Waals surface area contributed by atoms with Crippen LogP contribution in [0, 0.1) is 0 Å². The van der Waals surface area contributed by atoms with Crippen LogP contribution >= 0.6 is 0 Å². The summed E-state index contributed by atoms with van der Waals surface area (Å²) in [5, 5.41) is 0. The average molecular weight is 242 g/mol. The zero-order valence-electron chi connectivity index (χ0n) is 10.3. The minimum Gasteiger partial charge on any atom is -0.469 e. The Bertz CT molecular complexity index is 315. The maximum absolute atomic E-state index is 12.0. The zero-order chi connectivity index (χ0) is 12.9. The molecule has 5 nitrogen and oxygen atoms in total. The van der Waals surface area contributed by atoms with E-state index in [1.54, 1.807) is 0 Å². The van der Waals surface area contributed by atoms with Crippen molar-refractivity contribution in [3.8, 4) is 0 Å². The van der Waals surface area contributed by atoms with Crippen molar-refractivity contribution in [2.45, 2.75) is 51.0 Å². The number of methoxy groups -OCH3 is 1. The summed E-state index contributed by atoms with van der Waals surface area (Å²) in [6, 6.07) is 0. The Morgan fingerprint density at radius 1 is 1.12 bits per heavy atom. The molecule has 1 aliphatic carbocycles. The maximum atomic E-state index is 12.0. The van der Waals surface area contributed by atoms with Crippen LogP contribution < -0.4 is 0 Å². The number of carbonyl (C=O) groups is 3. The van der Waals surface area contributed by atoms with E-state index < -0.39 is 17.5 Å². The molecule has 1 aliphatic rings. The molecule has 0 amide bonds. The van der Waals surface area contributed by atoms with Gasteiger partial charge in [-0.25, -0.2) is 0 Å². The van der Waals surface area contributed by atoms with Crippen molar-refractivity contribution in [3.63, 3.8) is 0 Å². The van der Waals surface area contributed by atoms with Crippen molar-refractivity contribution in [1.82, 2.24) is 0 Å². The van der Waals surface area contributed by atoms with Crippen molar-refractivity contribution in [3.05, 3.63) is 0 Å². The van der Waals surface area contributed by atoms with E-state index in [1.165, 1.54) is 14.0 Å². The summed E-state index contributed by atoms with van der Waals surface area (Å²) in [4.78, 5) is 34.2. The molecular formula is C12H18O5. The molecule has 0 heterocycles. The van der Waals surface area contributed by atoms with Gasteiger partial charge in [0.1, 0.15) is 6.42 Å². The number of ether oxygens (including phenoxy) is 2. The fourth-order valence-electron chi connectivity index (χ4n) is 2.20. The molecule has 0 atom stereocenters. The maximum Gasteiger partial charge on any atom is 0.313 e. The van der Waals surface area contributed by atoms with Gasteiger partial charge in [0, 0.05) is 6.92 Å². The van der Waals surface area contributed by atoms with E-state index in [0.717, 1.165) is 19.3 Å². The number of hydrogen-bond donors (Lipinski definition) is 0. The molecule has 0 saturated heterocycles. The standard InChI is InChI=1S/C12H18O5/c1-9(13)17-12(6-4-3-5-7-12)10(14)8-11(15)16-2/h3-8H2,1-2H3. The van der Waals surface area contributed by atoms with Gasteiger partial charge in [-0.1, -0.05) is 6.42 Å². The molecule has 0 N–H and O–H groups in total. The first kappa shape index (κ1) is 13.7. The van der Waals surface area contributed by atoms with Crippen LogP contribution in [0.4, 0.5) is 0 Å². The van der Waals surface area contributed by atoms with Gasteiger partial charge in [0.2, 0.25) is 0 Å². The fourth-order valence-corrected chi connectivity index (χ4v) is 2.20. The van der Waals surface area contributed by atoms with Crippen LogP contribution in [0.2, 0.25) is 0 Å². The van der Waals surface area contributed by atoms with Crippen LogP contribution in [0.3, 0.4) is 0 Å². The molecule has 0 aromatic rings. The van der Waals surface area contributed by atoms with Crippen LogP contribution in [0.1, 0.15) is 45.4 Å². The lowest BCUT2D eigenvalue weighted by Crippen LogP contribution is -2.45. The van der Waals surface area contributed by atoms with Gasteiger partial charge in [0.05, 0.1) is 7.11 Å². The number of esters is 2. The van der Waals surface area contributed by atoms with Crippen molar-refractivity contribution in [2.24, 2.45) is 0 Å². The van der Waals surface area contributed by atoms with Crippen LogP contribution in [0.5, 0.6) is 0 Å². The van der Waals surface area contributed by atoms with Crippen molar-refractivity contribution in [1.29, 1.82) is 0 Å². The normalized spacial score (nSPS) is 18.2. The highest BCUT2D eigenvalue weighted by molar-refractivity contribution is 6.01. The molecule has 0 aromatic carbocycles. The van der Waals surface area contributed by atoms with Gasteiger partial charge in [-0.15, -0.1) is 0 Å².